The standard InChI is InChI=1S/C21H32N4O/c1-4-13-24(5-2)21(26)17-10-9-14-23(15-17)16-20-22-18-11-7-8-12-19(18)25(20)6-3/h7-8,11-12,17H,4-6,9-10,13-16H2,1-3H3/t17-/m0/s1. The predicted octanol–water partition coefficient (Wildman–Crippen LogP) is 3.53. The van der Waals surface area contributed by atoms with E-state index < -0.39 is 0 Å². The number of carbonyl (C=O) groups excluding carboxylic acids is 1. The summed E-state index contributed by atoms with van der Waals surface area (Å²) in [4.78, 5) is 22.2. The van der Waals surface area contributed by atoms with Crippen LogP contribution in [0.3, 0.4) is 0 Å². The molecule has 3 rings (SSSR count). The minimum absolute atomic E-state index is 0.134. The fraction of sp³-hybridized carbons (Fsp3) is 0.619. The van der Waals surface area contributed by atoms with Gasteiger partial charge in [-0.2, -0.15) is 0 Å². The summed E-state index contributed by atoms with van der Waals surface area (Å²) in [7, 11) is 0. The molecule has 0 radical (unpaired) electrons. The molecule has 1 fully saturated rings. The Morgan fingerprint density at radius 3 is 2.81 bits per heavy atom. The molecule has 0 unspecified atom stereocenters. The van der Waals surface area contributed by atoms with E-state index in [2.05, 4.69) is 48.4 Å². The topological polar surface area (TPSA) is 41.4 Å². The molecule has 0 bridgehead atoms. The molecule has 1 amide bonds. The summed E-state index contributed by atoms with van der Waals surface area (Å²) in [5, 5.41) is 0. The van der Waals surface area contributed by atoms with E-state index in [0.717, 1.165) is 69.9 Å². The summed E-state index contributed by atoms with van der Waals surface area (Å²) in [5.41, 5.74) is 2.27. The molecular weight excluding hydrogens is 324 g/mol. The van der Waals surface area contributed by atoms with Crippen LogP contribution < -0.4 is 0 Å². The van der Waals surface area contributed by atoms with Gasteiger partial charge in [0.25, 0.3) is 0 Å². The molecule has 26 heavy (non-hydrogen) atoms. The average molecular weight is 357 g/mol. The number of hydrogen-bond donors (Lipinski definition) is 0. The third-order valence-electron chi connectivity index (χ3n) is 5.46. The molecule has 2 heterocycles. The predicted molar refractivity (Wildman–Crippen MR) is 106 cm³/mol. The van der Waals surface area contributed by atoms with Crippen molar-refractivity contribution in [2.24, 2.45) is 5.92 Å². The molecule has 5 heteroatoms. The Kier molecular flexibility index (Phi) is 6.30. The smallest absolute Gasteiger partial charge is 0.226 e. The number of para-hydroxylation sites is 2. The Balaban J connectivity index is 1.72. The van der Waals surface area contributed by atoms with Gasteiger partial charge in [-0.15, -0.1) is 0 Å². The number of aryl methyl sites for hydroxylation is 1. The minimum atomic E-state index is 0.134. The van der Waals surface area contributed by atoms with E-state index in [4.69, 9.17) is 4.98 Å². The molecule has 2 aromatic rings. The van der Waals surface area contributed by atoms with Crippen molar-refractivity contribution in [1.82, 2.24) is 19.4 Å². The number of imidazole rings is 1. The third-order valence-corrected chi connectivity index (χ3v) is 5.46. The number of benzene rings is 1. The molecule has 1 aliphatic rings. The highest BCUT2D eigenvalue weighted by atomic mass is 16.2. The van der Waals surface area contributed by atoms with E-state index in [-0.39, 0.29) is 5.92 Å². The van der Waals surface area contributed by atoms with Crippen LogP contribution in [0.1, 0.15) is 45.9 Å². The maximum absolute atomic E-state index is 12.9. The van der Waals surface area contributed by atoms with Gasteiger partial charge >= 0.3 is 0 Å². The maximum Gasteiger partial charge on any atom is 0.226 e. The van der Waals surface area contributed by atoms with E-state index >= 15 is 0 Å². The quantitative estimate of drug-likeness (QED) is 0.762. The van der Waals surface area contributed by atoms with Gasteiger partial charge in [-0.05, 0) is 51.8 Å². The molecule has 0 aliphatic carbocycles. The number of nitrogens with zero attached hydrogens (tertiary/aromatic N) is 4. The summed E-state index contributed by atoms with van der Waals surface area (Å²) in [5.74, 6) is 1.58. The van der Waals surface area contributed by atoms with E-state index in [1.165, 1.54) is 5.52 Å². The molecule has 142 valence electrons. The highest BCUT2D eigenvalue weighted by Crippen LogP contribution is 2.22. The van der Waals surface area contributed by atoms with Crippen molar-refractivity contribution in [3.05, 3.63) is 30.1 Å². The van der Waals surface area contributed by atoms with Gasteiger partial charge in [0.1, 0.15) is 5.82 Å². The van der Waals surface area contributed by atoms with Gasteiger partial charge in [-0.25, -0.2) is 4.98 Å². The van der Waals surface area contributed by atoms with E-state index in [1.807, 2.05) is 11.0 Å². The van der Waals surface area contributed by atoms with Crippen LogP contribution in [0.25, 0.3) is 11.0 Å². The minimum Gasteiger partial charge on any atom is -0.343 e. The zero-order valence-electron chi connectivity index (χ0n) is 16.4. The fourth-order valence-corrected chi connectivity index (χ4v) is 4.15. The van der Waals surface area contributed by atoms with Gasteiger partial charge in [0.2, 0.25) is 5.91 Å². The number of carbonyl (C=O) groups is 1. The summed E-state index contributed by atoms with van der Waals surface area (Å²) in [6.45, 7) is 11.7. The van der Waals surface area contributed by atoms with Crippen molar-refractivity contribution >= 4 is 16.9 Å². The van der Waals surface area contributed by atoms with Gasteiger partial charge in [0.05, 0.1) is 23.5 Å². The second-order valence-corrected chi connectivity index (χ2v) is 7.25. The highest BCUT2D eigenvalue weighted by molar-refractivity contribution is 5.79. The summed E-state index contributed by atoms with van der Waals surface area (Å²) < 4.78 is 2.30. The summed E-state index contributed by atoms with van der Waals surface area (Å²) in [6.07, 6.45) is 3.13. The Morgan fingerprint density at radius 2 is 2.08 bits per heavy atom. The Labute approximate surface area is 157 Å². The molecule has 1 aliphatic heterocycles. The molecule has 1 aromatic carbocycles. The Morgan fingerprint density at radius 1 is 1.27 bits per heavy atom. The molecule has 0 spiro atoms. The summed E-state index contributed by atoms with van der Waals surface area (Å²) in [6, 6.07) is 8.34. The van der Waals surface area contributed by atoms with Crippen molar-refractivity contribution in [2.75, 3.05) is 26.2 Å². The Bertz CT molecular complexity index is 739. The van der Waals surface area contributed by atoms with Crippen LogP contribution in [0.5, 0.6) is 0 Å². The van der Waals surface area contributed by atoms with Crippen LogP contribution in [0.4, 0.5) is 0 Å². The zero-order valence-corrected chi connectivity index (χ0v) is 16.4. The number of amides is 1. The monoisotopic (exact) mass is 356 g/mol. The van der Waals surface area contributed by atoms with Crippen molar-refractivity contribution in [2.45, 2.75) is 53.1 Å². The number of hydrogen-bond acceptors (Lipinski definition) is 3. The lowest BCUT2D eigenvalue weighted by Crippen LogP contribution is -2.45. The summed E-state index contributed by atoms with van der Waals surface area (Å²) >= 11 is 0. The van der Waals surface area contributed by atoms with Crippen LogP contribution in [0, 0.1) is 5.92 Å². The average Bonchev–Trinajstić information content (AvgIpc) is 3.02. The first kappa shape index (κ1) is 18.9. The van der Waals surface area contributed by atoms with Gasteiger partial charge in [-0.3, -0.25) is 9.69 Å². The van der Waals surface area contributed by atoms with Crippen molar-refractivity contribution in [3.8, 4) is 0 Å². The van der Waals surface area contributed by atoms with Crippen molar-refractivity contribution in [1.29, 1.82) is 0 Å². The van der Waals surface area contributed by atoms with Gasteiger partial charge < -0.3 is 9.47 Å². The van der Waals surface area contributed by atoms with Crippen LogP contribution in [0.15, 0.2) is 24.3 Å². The number of piperidine rings is 1. The number of likely N-dealkylation sites (tertiary alicyclic amines) is 1. The molecule has 1 atom stereocenters. The second-order valence-electron chi connectivity index (χ2n) is 7.25. The van der Waals surface area contributed by atoms with Crippen LogP contribution in [-0.2, 0) is 17.9 Å². The zero-order chi connectivity index (χ0) is 18.5. The van der Waals surface area contributed by atoms with Crippen LogP contribution >= 0.6 is 0 Å². The first-order valence-electron chi connectivity index (χ1n) is 10.1. The number of fused-ring (bicyclic) bond motifs is 1. The molecular formula is C21H32N4O. The largest absolute Gasteiger partial charge is 0.343 e. The fourth-order valence-electron chi connectivity index (χ4n) is 4.15. The van der Waals surface area contributed by atoms with Crippen LogP contribution in [0.2, 0.25) is 0 Å². The lowest BCUT2D eigenvalue weighted by Gasteiger charge is -2.34. The van der Waals surface area contributed by atoms with E-state index in [0.29, 0.717) is 5.91 Å². The lowest BCUT2D eigenvalue weighted by molar-refractivity contribution is -0.137. The Hall–Kier alpha value is -1.88. The van der Waals surface area contributed by atoms with Crippen molar-refractivity contribution in [3.63, 3.8) is 0 Å². The lowest BCUT2D eigenvalue weighted by atomic mass is 9.96. The normalized spacial score (nSPS) is 18.3. The first-order chi connectivity index (χ1) is 12.7. The third kappa shape index (κ3) is 3.93. The maximum atomic E-state index is 12.9. The molecule has 1 saturated heterocycles. The van der Waals surface area contributed by atoms with E-state index in [9.17, 15) is 4.79 Å². The van der Waals surface area contributed by atoms with E-state index in [1.54, 1.807) is 0 Å². The first-order valence-corrected chi connectivity index (χ1v) is 10.1. The van der Waals surface area contributed by atoms with Gasteiger partial charge in [0, 0.05) is 26.2 Å². The van der Waals surface area contributed by atoms with Crippen molar-refractivity contribution < 1.29 is 4.79 Å². The van der Waals surface area contributed by atoms with Gasteiger partial charge in [-0.1, -0.05) is 19.1 Å². The number of aromatic nitrogens is 2. The highest BCUT2D eigenvalue weighted by Gasteiger charge is 2.29. The molecule has 5 nitrogen and oxygen atoms in total. The second kappa shape index (κ2) is 8.67. The molecule has 0 saturated carbocycles. The van der Waals surface area contributed by atoms with Gasteiger partial charge in [0.15, 0.2) is 0 Å². The molecule has 0 N–H and O–H groups in total. The SMILES string of the molecule is CCCN(CC)C(=O)[C@H]1CCCN(Cc2nc3ccccc3n2CC)C1. The molecule has 1 aromatic heterocycles. The number of rotatable bonds is 7. The van der Waals surface area contributed by atoms with Crippen LogP contribution in [-0.4, -0.2) is 51.4 Å².